The number of hydrogen-bond acceptors (Lipinski definition) is 5. The lowest BCUT2D eigenvalue weighted by Crippen LogP contribution is -2.10. The first-order chi connectivity index (χ1) is 16.1. The van der Waals surface area contributed by atoms with Gasteiger partial charge in [0.15, 0.2) is 12.2 Å². The Hall–Kier alpha value is -3.46. The van der Waals surface area contributed by atoms with Crippen LogP contribution >= 0.6 is 11.8 Å². The summed E-state index contributed by atoms with van der Waals surface area (Å²) < 4.78 is 49.7. The van der Waals surface area contributed by atoms with E-state index in [0.717, 1.165) is 28.2 Å². The first kappa shape index (κ1) is 23.7. The highest BCUT2D eigenvalue weighted by molar-refractivity contribution is 7.99. The molecule has 0 aliphatic carbocycles. The summed E-state index contributed by atoms with van der Waals surface area (Å²) in [5.41, 5.74) is 2.68. The van der Waals surface area contributed by atoms with E-state index in [1.165, 1.54) is 12.1 Å². The van der Waals surface area contributed by atoms with Gasteiger partial charge >= 0.3 is 12.1 Å². The highest BCUT2D eigenvalue weighted by Gasteiger charge is 2.30. The quantitative estimate of drug-likeness (QED) is 0.279. The molecule has 0 saturated heterocycles. The Morgan fingerprint density at radius 3 is 2.53 bits per heavy atom. The van der Waals surface area contributed by atoms with Crippen LogP contribution in [0.4, 0.5) is 13.2 Å². The molecule has 0 fully saturated rings. The number of ether oxygens (including phenoxy) is 1. The van der Waals surface area contributed by atoms with Crippen LogP contribution in [0.15, 0.2) is 70.0 Å². The lowest BCUT2D eigenvalue weighted by Gasteiger charge is -2.14. The van der Waals surface area contributed by atoms with Crippen LogP contribution < -0.4 is 4.74 Å². The Morgan fingerprint density at radius 1 is 1.15 bits per heavy atom. The topological polar surface area (TPSA) is 72.6 Å². The van der Waals surface area contributed by atoms with Crippen LogP contribution in [0, 0.1) is 6.92 Å². The molecule has 9 heteroatoms. The second-order valence-electron chi connectivity index (χ2n) is 7.66. The van der Waals surface area contributed by atoms with Crippen molar-refractivity contribution in [1.82, 2.24) is 4.98 Å². The number of thioether (sulfide) groups is 1. The maximum absolute atomic E-state index is 12.9. The molecule has 5 nitrogen and oxygen atoms in total. The van der Waals surface area contributed by atoms with Gasteiger partial charge in [-0.05, 0) is 73.5 Å². The predicted molar refractivity (Wildman–Crippen MR) is 123 cm³/mol. The molecule has 3 aromatic carbocycles. The van der Waals surface area contributed by atoms with Crippen molar-refractivity contribution >= 4 is 28.8 Å². The second-order valence-corrected chi connectivity index (χ2v) is 9.07. The molecule has 1 heterocycles. The summed E-state index contributed by atoms with van der Waals surface area (Å²) in [6, 6.07) is 15.8. The molecule has 1 N–H and O–H groups in total. The van der Waals surface area contributed by atoms with Crippen molar-refractivity contribution in [2.24, 2.45) is 0 Å². The summed E-state index contributed by atoms with van der Waals surface area (Å²) in [6.07, 6.45) is -4.40. The van der Waals surface area contributed by atoms with Crippen molar-refractivity contribution in [1.29, 1.82) is 0 Å². The summed E-state index contributed by atoms with van der Waals surface area (Å²) in [6.45, 7) is 3.47. The summed E-state index contributed by atoms with van der Waals surface area (Å²) in [4.78, 5) is 16.3. The monoisotopic (exact) mass is 487 g/mol. The number of carbonyl (C=O) groups is 1. The highest BCUT2D eigenvalue weighted by atomic mass is 32.2. The molecule has 1 unspecified atom stereocenters. The summed E-state index contributed by atoms with van der Waals surface area (Å²) >= 11 is 1.59. The normalized spacial score (nSPS) is 12.6. The number of oxazole rings is 1. The minimum atomic E-state index is -4.40. The zero-order valence-electron chi connectivity index (χ0n) is 18.2. The van der Waals surface area contributed by atoms with E-state index in [1.807, 2.05) is 38.1 Å². The largest absolute Gasteiger partial charge is 0.482 e. The van der Waals surface area contributed by atoms with E-state index in [4.69, 9.17) is 14.3 Å². The predicted octanol–water partition coefficient (Wildman–Crippen LogP) is 7.14. The van der Waals surface area contributed by atoms with Crippen molar-refractivity contribution in [2.75, 3.05) is 6.61 Å². The first-order valence-corrected chi connectivity index (χ1v) is 11.2. The molecule has 0 radical (unpaired) electrons. The summed E-state index contributed by atoms with van der Waals surface area (Å²) in [7, 11) is 0. The third-order valence-electron chi connectivity index (χ3n) is 5.16. The number of aryl methyl sites for hydroxylation is 1. The van der Waals surface area contributed by atoms with Gasteiger partial charge < -0.3 is 14.3 Å². The Bertz CT molecular complexity index is 1330. The smallest absolute Gasteiger partial charge is 0.416 e. The van der Waals surface area contributed by atoms with Crippen LogP contribution in [-0.4, -0.2) is 22.7 Å². The van der Waals surface area contributed by atoms with Crippen LogP contribution in [0.2, 0.25) is 0 Å². The number of halogens is 3. The molecular formula is C25H20F3NO4S. The number of carboxylic acids is 1. The maximum atomic E-state index is 12.9. The van der Waals surface area contributed by atoms with Crippen LogP contribution in [0.5, 0.6) is 5.75 Å². The number of carboxylic acid groups (broad SMARTS) is 1. The van der Waals surface area contributed by atoms with Crippen molar-refractivity contribution in [3.05, 3.63) is 77.4 Å². The van der Waals surface area contributed by atoms with Gasteiger partial charge in [0.1, 0.15) is 11.3 Å². The number of aliphatic carboxylic acids is 1. The lowest BCUT2D eigenvalue weighted by atomic mass is 10.1. The second kappa shape index (κ2) is 9.42. The molecule has 0 amide bonds. The fourth-order valence-corrected chi connectivity index (χ4v) is 4.60. The SMILES string of the molecule is Cc1cc(SC(C)c2cccc3oc(-c4ccc(C(F)(F)F)cc4)nc23)ccc1OCC(=O)O. The van der Waals surface area contributed by atoms with Gasteiger partial charge in [-0.25, -0.2) is 9.78 Å². The van der Waals surface area contributed by atoms with E-state index in [0.29, 0.717) is 22.4 Å². The van der Waals surface area contributed by atoms with Gasteiger partial charge in [0.25, 0.3) is 0 Å². The number of aromatic nitrogens is 1. The summed E-state index contributed by atoms with van der Waals surface area (Å²) in [5, 5.41) is 8.77. The van der Waals surface area contributed by atoms with Crippen molar-refractivity contribution in [3.8, 4) is 17.2 Å². The molecule has 4 aromatic rings. The molecule has 4 rings (SSSR count). The average molecular weight is 487 g/mol. The molecule has 176 valence electrons. The molecule has 0 spiro atoms. The first-order valence-electron chi connectivity index (χ1n) is 10.3. The Labute approximate surface area is 197 Å². The maximum Gasteiger partial charge on any atom is 0.416 e. The molecule has 34 heavy (non-hydrogen) atoms. The van der Waals surface area contributed by atoms with E-state index in [2.05, 4.69) is 4.98 Å². The van der Waals surface area contributed by atoms with E-state index in [1.54, 1.807) is 23.9 Å². The van der Waals surface area contributed by atoms with Crippen LogP contribution in [0.1, 0.15) is 28.9 Å². The number of nitrogens with zero attached hydrogens (tertiary/aromatic N) is 1. The number of rotatable bonds is 7. The van der Waals surface area contributed by atoms with Gasteiger partial charge in [-0.3, -0.25) is 0 Å². The highest BCUT2D eigenvalue weighted by Crippen LogP contribution is 2.40. The molecule has 0 aliphatic rings. The minimum Gasteiger partial charge on any atom is -0.482 e. The minimum absolute atomic E-state index is 0.0144. The van der Waals surface area contributed by atoms with Crippen molar-refractivity contribution < 1.29 is 32.2 Å². The van der Waals surface area contributed by atoms with Crippen LogP contribution in [0.3, 0.4) is 0 Å². The number of alkyl halides is 3. The van der Waals surface area contributed by atoms with Crippen LogP contribution in [-0.2, 0) is 11.0 Å². The zero-order chi connectivity index (χ0) is 24.5. The third-order valence-corrected chi connectivity index (χ3v) is 6.29. The number of para-hydroxylation sites is 1. The van der Waals surface area contributed by atoms with Gasteiger partial charge in [0.2, 0.25) is 5.89 Å². The van der Waals surface area contributed by atoms with Crippen molar-refractivity contribution in [3.63, 3.8) is 0 Å². The van der Waals surface area contributed by atoms with Gasteiger partial charge in [-0.2, -0.15) is 13.2 Å². The Balaban J connectivity index is 1.57. The molecule has 1 aromatic heterocycles. The summed E-state index contributed by atoms with van der Waals surface area (Å²) in [5.74, 6) is -0.272. The van der Waals surface area contributed by atoms with Crippen molar-refractivity contribution in [2.45, 2.75) is 30.2 Å². The Morgan fingerprint density at radius 2 is 1.88 bits per heavy atom. The molecule has 0 bridgehead atoms. The molecule has 0 aliphatic heterocycles. The van der Waals surface area contributed by atoms with E-state index >= 15 is 0 Å². The Kier molecular flexibility index (Phi) is 6.56. The fourth-order valence-electron chi connectivity index (χ4n) is 3.49. The van der Waals surface area contributed by atoms with E-state index < -0.39 is 24.3 Å². The number of fused-ring (bicyclic) bond motifs is 1. The molecular weight excluding hydrogens is 467 g/mol. The average Bonchev–Trinajstić information content (AvgIpc) is 3.22. The number of benzene rings is 3. The van der Waals surface area contributed by atoms with Crippen LogP contribution in [0.25, 0.3) is 22.6 Å². The third kappa shape index (κ3) is 5.20. The van der Waals surface area contributed by atoms with Gasteiger partial charge in [0.05, 0.1) is 5.56 Å². The van der Waals surface area contributed by atoms with Gasteiger partial charge in [0, 0.05) is 15.7 Å². The standard InChI is InChI=1S/C25H20F3NO4S/c1-14-12-18(10-11-20(14)32-13-22(30)31)34-15(2)19-4-3-5-21-23(19)29-24(33-21)16-6-8-17(9-7-16)25(26,27)28/h3-12,15H,13H2,1-2H3,(H,30,31). The number of hydrogen-bond donors (Lipinski definition) is 1. The molecule has 0 saturated carbocycles. The van der Waals surface area contributed by atoms with Gasteiger partial charge in [-0.15, -0.1) is 11.8 Å². The zero-order valence-corrected chi connectivity index (χ0v) is 19.0. The van der Waals surface area contributed by atoms with Gasteiger partial charge in [-0.1, -0.05) is 12.1 Å². The molecule has 1 atom stereocenters. The van der Waals surface area contributed by atoms with E-state index in [9.17, 15) is 18.0 Å². The lowest BCUT2D eigenvalue weighted by molar-refractivity contribution is -0.139. The fraction of sp³-hybridized carbons (Fsp3) is 0.200. The van der Waals surface area contributed by atoms with E-state index in [-0.39, 0.29) is 11.1 Å².